The van der Waals surface area contributed by atoms with Crippen LogP contribution < -0.4 is 15.1 Å². The lowest BCUT2D eigenvalue weighted by atomic mass is 9.74. The number of hydrogen-bond donors (Lipinski definition) is 1. The maximum Gasteiger partial charge on any atom is 0.414 e. The first kappa shape index (κ1) is 15.7. The molecule has 1 spiro atoms. The number of anilines is 2. The van der Waals surface area contributed by atoms with Gasteiger partial charge in [-0.05, 0) is 24.1 Å². The largest absolute Gasteiger partial charge is 0.444 e. The van der Waals surface area contributed by atoms with Gasteiger partial charge in [0.2, 0.25) is 0 Å². The normalized spacial score (nSPS) is 19.7. The van der Waals surface area contributed by atoms with Crippen molar-refractivity contribution in [3.05, 3.63) is 59.7 Å². The lowest BCUT2D eigenvalue weighted by molar-refractivity contribution is 0.121. The minimum atomic E-state index is -0.256. The number of nitrogens with zero attached hydrogens (tertiary/aromatic N) is 2. The lowest BCUT2D eigenvalue weighted by Crippen LogP contribution is -2.71. The third kappa shape index (κ3) is 2.54. The molecule has 134 valence electrons. The number of fused-ring (bicyclic) bond motifs is 1. The summed E-state index contributed by atoms with van der Waals surface area (Å²) in [6.07, 6.45) is 0.640. The van der Waals surface area contributed by atoms with Crippen LogP contribution in [-0.4, -0.2) is 38.8 Å². The van der Waals surface area contributed by atoms with Crippen LogP contribution in [0, 0.1) is 5.41 Å². The van der Waals surface area contributed by atoms with Crippen molar-refractivity contribution in [2.75, 3.05) is 42.5 Å². The number of hydrogen-bond acceptors (Lipinski definition) is 4. The molecule has 2 fully saturated rings. The van der Waals surface area contributed by atoms with Gasteiger partial charge in [0, 0.05) is 49.4 Å². The van der Waals surface area contributed by atoms with E-state index in [4.69, 9.17) is 4.74 Å². The Morgan fingerprint density at radius 3 is 2.54 bits per heavy atom. The van der Waals surface area contributed by atoms with Crippen LogP contribution in [0.25, 0.3) is 0 Å². The molecule has 5 rings (SSSR count). The van der Waals surface area contributed by atoms with Gasteiger partial charge in [0.25, 0.3) is 0 Å². The highest BCUT2D eigenvalue weighted by molar-refractivity contribution is 5.92. The molecule has 1 amide bonds. The second kappa shape index (κ2) is 6.02. The zero-order valence-corrected chi connectivity index (χ0v) is 14.8. The molecule has 2 aromatic rings. The fourth-order valence-electron chi connectivity index (χ4n) is 4.33. The highest BCUT2D eigenvalue weighted by atomic mass is 16.6. The number of benzene rings is 2. The van der Waals surface area contributed by atoms with E-state index in [-0.39, 0.29) is 6.09 Å². The minimum Gasteiger partial charge on any atom is -0.444 e. The summed E-state index contributed by atoms with van der Waals surface area (Å²) in [4.78, 5) is 16.8. The average molecular weight is 349 g/mol. The van der Waals surface area contributed by atoms with Gasteiger partial charge in [-0.3, -0.25) is 4.90 Å². The van der Waals surface area contributed by atoms with Gasteiger partial charge in [0.05, 0.1) is 5.69 Å². The maximum absolute atomic E-state index is 12.6. The summed E-state index contributed by atoms with van der Waals surface area (Å²) in [6, 6.07) is 16.1. The number of nitrogens with one attached hydrogen (secondary N) is 1. The third-order valence-corrected chi connectivity index (χ3v) is 5.82. The van der Waals surface area contributed by atoms with Crippen LogP contribution in [0.2, 0.25) is 0 Å². The minimum absolute atomic E-state index is 0.256. The Labute approximate surface area is 153 Å². The Balaban J connectivity index is 1.29. The van der Waals surface area contributed by atoms with Crippen LogP contribution in [0.1, 0.15) is 11.1 Å². The van der Waals surface area contributed by atoms with Crippen molar-refractivity contribution in [3.63, 3.8) is 0 Å². The van der Waals surface area contributed by atoms with E-state index in [0.717, 1.165) is 43.9 Å². The van der Waals surface area contributed by atoms with Gasteiger partial charge >= 0.3 is 6.09 Å². The van der Waals surface area contributed by atoms with Crippen molar-refractivity contribution in [2.45, 2.75) is 13.0 Å². The van der Waals surface area contributed by atoms with E-state index in [1.807, 2.05) is 36.4 Å². The summed E-state index contributed by atoms with van der Waals surface area (Å²) in [7, 11) is 0. The third-order valence-electron chi connectivity index (χ3n) is 5.82. The Kier molecular flexibility index (Phi) is 3.64. The standard InChI is InChI=1S/C21H23N3O2/c25-20(26-11-16-5-2-1-3-6-16)24-10-9-17-18(7-4-8-19(17)24)23-14-21(15-23)12-22-13-21/h1-8,22H,9-15H2. The van der Waals surface area contributed by atoms with E-state index in [2.05, 4.69) is 22.3 Å². The van der Waals surface area contributed by atoms with E-state index in [0.29, 0.717) is 18.6 Å². The summed E-state index contributed by atoms with van der Waals surface area (Å²) in [5, 5.41) is 3.38. The van der Waals surface area contributed by atoms with Crippen molar-refractivity contribution in [1.29, 1.82) is 0 Å². The van der Waals surface area contributed by atoms with Crippen LogP contribution >= 0.6 is 0 Å². The van der Waals surface area contributed by atoms with Crippen molar-refractivity contribution < 1.29 is 9.53 Å². The van der Waals surface area contributed by atoms with Crippen molar-refractivity contribution in [1.82, 2.24) is 5.32 Å². The molecule has 3 heterocycles. The quantitative estimate of drug-likeness (QED) is 0.926. The predicted molar refractivity (Wildman–Crippen MR) is 102 cm³/mol. The average Bonchev–Trinajstić information content (AvgIpc) is 3.03. The molecule has 0 aliphatic carbocycles. The van der Waals surface area contributed by atoms with Gasteiger partial charge in [-0.25, -0.2) is 4.79 Å². The van der Waals surface area contributed by atoms with Crippen LogP contribution in [-0.2, 0) is 17.8 Å². The molecule has 2 saturated heterocycles. The van der Waals surface area contributed by atoms with Gasteiger partial charge in [-0.1, -0.05) is 36.4 Å². The second-order valence-electron chi connectivity index (χ2n) is 7.68. The molecular formula is C21H23N3O2. The molecule has 1 N–H and O–H groups in total. The van der Waals surface area contributed by atoms with Gasteiger partial charge in [0.1, 0.15) is 6.61 Å². The molecule has 5 heteroatoms. The first-order valence-electron chi connectivity index (χ1n) is 9.30. The summed E-state index contributed by atoms with van der Waals surface area (Å²) in [5.74, 6) is 0. The van der Waals surface area contributed by atoms with Gasteiger partial charge in [0.15, 0.2) is 0 Å². The molecule has 2 aromatic carbocycles. The van der Waals surface area contributed by atoms with E-state index in [9.17, 15) is 4.79 Å². The second-order valence-corrected chi connectivity index (χ2v) is 7.68. The Morgan fingerprint density at radius 2 is 1.81 bits per heavy atom. The van der Waals surface area contributed by atoms with Crippen molar-refractivity contribution in [3.8, 4) is 0 Å². The lowest BCUT2D eigenvalue weighted by Gasteiger charge is -2.57. The topological polar surface area (TPSA) is 44.8 Å². The Hall–Kier alpha value is -2.53. The Morgan fingerprint density at radius 1 is 1.04 bits per heavy atom. The number of amides is 1. The smallest absolute Gasteiger partial charge is 0.414 e. The van der Waals surface area contributed by atoms with Gasteiger partial charge in [-0.2, -0.15) is 0 Å². The predicted octanol–water partition coefficient (Wildman–Crippen LogP) is 2.80. The number of rotatable bonds is 3. The fourth-order valence-corrected chi connectivity index (χ4v) is 4.33. The van der Waals surface area contributed by atoms with E-state index in [1.54, 1.807) is 4.90 Å². The summed E-state index contributed by atoms with van der Waals surface area (Å²) >= 11 is 0. The zero-order valence-electron chi connectivity index (χ0n) is 14.8. The maximum atomic E-state index is 12.6. The fraction of sp³-hybridized carbons (Fsp3) is 0.381. The molecule has 0 radical (unpaired) electrons. The van der Waals surface area contributed by atoms with E-state index >= 15 is 0 Å². The van der Waals surface area contributed by atoms with Crippen LogP contribution in [0.5, 0.6) is 0 Å². The molecule has 5 nitrogen and oxygen atoms in total. The van der Waals surface area contributed by atoms with Gasteiger partial charge in [-0.15, -0.1) is 0 Å². The summed E-state index contributed by atoms with van der Waals surface area (Å²) in [5.41, 5.74) is 5.09. The van der Waals surface area contributed by atoms with E-state index in [1.165, 1.54) is 11.3 Å². The first-order valence-corrected chi connectivity index (χ1v) is 9.30. The Bertz CT molecular complexity index is 824. The molecule has 3 aliphatic rings. The monoisotopic (exact) mass is 349 g/mol. The summed E-state index contributed by atoms with van der Waals surface area (Å²) < 4.78 is 5.53. The highest BCUT2D eigenvalue weighted by Gasteiger charge is 2.48. The van der Waals surface area contributed by atoms with E-state index < -0.39 is 0 Å². The van der Waals surface area contributed by atoms with Crippen molar-refractivity contribution >= 4 is 17.5 Å². The number of carbonyl (C=O) groups is 1. The molecular weight excluding hydrogens is 326 g/mol. The molecule has 0 saturated carbocycles. The zero-order chi connectivity index (χ0) is 17.6. The van der Waals surface area contributed by atoms with Crippen LogP contribution in [0.3, 0.4) is 0 Å². The molecule has 0 aromatic heterocycles. The number of ether oxygens (including phenoxy) is 1. The molecule has 0 unspecified atom stereocenters. The molecule has 3 aliphatic heterocycles. The SMILES string of the molecule is O=C(OCc1ccccc1)N1CCc2c(N3CC4(CNC4)C3)cccc21. The van der Waals surface area contributed by atoms with Crippen LogP contribution in [0.4, 0.5) is 16.2 Å². The van der Waals surface area contributed by atoms with Gasteiger partial charge < -0.3 is 15.0 Å². The molecule has 0 atom stereocenters. The number of carbonyl (C=O) groups excluding carboxylic acids is 1. The molecule has 26 heavy (non-hydrogen) atoms. The molecule has 0 bridgehead atoms. The summed E-state index contributed by atoms with van der Waals surface area (Å²) in [6.45, 7) is 5.52. The van der Waals surface area contributed by atoms with Crippen molar-refractivity contribution in [2.24, 2.45) is 5.41 Å². The first-order chi connectivity index (χ1) is 12.7. The van der Waals surface area contributed by atoms with Crippen LogP contribution in [0.15, 0.2) is 48.5 Å². The highest BCUT2D eigenvalue weighted by Crippen LogP contribution is 2.42.